The Morgan fingerprint density at radius 3 is 3.00 bits per heavy atom. The van der Waals surface area contributed by atoms with Crippen molar-refractivity contribution in [3.8, 4) is 0 Å². The number of nitrogens with one attached hydrogen (secondary N) is 1. The summed E-state index contributed by atoms with van der Waals surface area (Å²) in [6.45, 7) is 1.46. The molecule has 0 bridgehead atoms. The SMILES string of the molecule is O=C(CCn1ccc2ccccc21)NCCSCc1ccsc1. The van der Waals surface area contributed by atoms with Crippen LogP contribution in [-0.2, 0) is 17.1 Å². The van der Waals surface area contributed by atoms with E-state index in [0.717, 1.165) is 24.6 Å². The van der Waals surface area contributed by atoms with Gasteiger partial charge in [0.05, 0.1) is 0 Å². The highest BCUT2D eigenvalue weighted by Gasteiger charge is 2.04. The first-order valence-electron chi connectivity index (χ1n) is 7.72. The Kier molecular flexibility index (Phi) is 5.77. The lowest BCUT2D eigenvalue weighted by Crippen LogP contribution is -2.26. The second-order valence-electron chi connectivity index (χ2n) is 5.35. The first-order valence-corrected chi connectivity index (χ1v) is 9.82. The molecule has 1 amide bonds. The molecule has 120 valence electrons. The fourth-order valence-electron chi connectivity index (χ4n) is 2.47. The van der Waals surface area contributed by atoms with Gasteiger partial charge in [0.2, 0.25) is 5.91 Å². The van der Waals surface area contributed by atoms with E-state index in [2.05, 4.69) is 51.1 Å². The summed E-state index contributed by atoms with van der Waals surface area (Å²) in [6, 6.07) is 12.5. The van der Waals surface area contributed by atoms with Gasteiger partial charge in [-0.3, -0.25) is 4.79 Å². The van der Waals surface area contributed by atoms with Gasteiger partial charge in [0.1, 0.15) is 0 Å². The Labute approximate surface area is 144 Å². The molecule has 0 aliphatic carbocycles. The Bertz CT molecular complexity index is 749. The molecule has 3 rings (SSSR count). The predicted molar refractivity (Wildman–Crippen MR) is 100 cm³/mol. The molecule has 0 saturated carbocycles. The molecular weight excluding hydrogens is 324 g/mol. The minimum absolute atomic E-state index is 0.124. The van der Waals surface area contributed by atoms with Crippen LogP contribution in [0.15, 0.2) is 53.4 Å². The lowest BCUT2D eigenvalue weighted by Gasteiger charge is -2.07. The van der Waals surface area contributed by atoms with Crippen molar-refractivity contribution in [2.45, 2.75) is 18.7 Å². The molecule has 0 spiro atoms. The summed E-state index contributed by atoms with van der Waals surface area (Å²) in [5.41, 5.74) is 2.55. The maximum absolute atomic E-state index is 11.9. The minimum atomic E-state index is 0.124. The zero-order valence-electron chi connectivity index (χ0n) is 12.9. The van der Waals surface area contributed by atoms with Crippen molar-refractivity contribution in [2.24, 2.45) is 0 Å². The molecule has 1 aromatic carbocycles. The van der Waals surface area contributed by atoms with E-state index < -0.39 is 0 Å². The van der Waals surface area contributed by atoms with Crippen molar-refractivity contribution in [3.05, 3.63) is 58.9 Å². The number of carbonyl (C=O) groups excluding carboxylic acids is 1. The van der Waals surface area contributed by atoms with Crippen LogP contribution >= 0.6 is 23.1 Å². The van der Waals surface area contributed by atoms with E-state index in [1.807, 2.05) is 23.9 Å². The maximum atomic E-state index is 11.9. The fourth-order valence-corrected chi connectivity index (χ4v) is 4.05. The molecular formula is C18H20N2OS2. The second kappa shape index (κ2) is 8.22. The summed E-state index contributed by atoms with van der Waals surface area (Å²) in [5.74, 6) is 2.10. The number of benzene rings is 1. The van der Waals surface area contributed by atoms with Gasteiger partial charge in [-0.25, -0.2) is 0 Å². The third-order valence-electron chi connectivity index (χ3n) is 3.68. The zero-order chi connectivity index (χ0) is 15.9. The number of rotatable bonds is 8. The van der Waals surface area contributed by atoms with E-state index >= 15 is 0 Å². The van der Waals surface area contributed by atoms with Gasteiger partial charge in [-0.1, -0.05) is 18.2 Å². The van der Waals surface area contributed by atoms with Crippen LogP contribution < -0.4 is 5.32 Å². The van der Waals surface area contributed by atoms with Gasteiger partial charge in [-0.15, -0.1) is 0 Å². The molecule has 0 unspecified atom stereocenters. The van der Waals surface area contributed by atoms with Gasteiger partial charge in [-0.05, 0) is 39.9 Å². The molecule has 3 aromatic rings. The highest BCUT2D eigenvalue weighted by molar-refractivity contribution is 7.98. The molecule has 0 atom stereocenters. The summed E-state index contributed by atoms with van der Waals surface area (Å²) < 4.78 is 2.14. The fraction of sp³-hybridized carbons (Fsp3) is 0.278. The van der Waals surface area contributed by atoms with Crippen LogP contribution in [0.4, 0.5) is 0 Å². The van der Waals surface area contributed by atoms with E-state index in [1.54, 1.807) is 11.3 Å². The third-order valence-corrected chi connectivity index (χ3v) is 5.44. The number of hydrogen-bond acceptors (Lipinski definition) is 3. The highest BCUT2D eigenvalue weighted by atomic mass is 32.2. The van der Waals surface area contributed by atoms with Crippen LogP contribution in [0.5, 0.6) is 0 Å². The highest BCUT2D eigenvalue weighted by Crippen LogP contribution is 2.16. The summed E-state index contributed by atoms with van der Waals surface area (Å²) in [4.78, 5) is 11.9. The first-order chi connectivity index (χ1) is 11.3. The molecule has 3 nitrogen and oxygen atoms in total. The van der Waals surface area contributed by atoms with Crippen LogP contribution in [0, 0.1) is 0 Å². The van der Waals surface area contributed by atoms with Crippen molar-refractivity contribution >= 4 is 39.9 Å². The lowest BCUT2D eigenvalue weighted by atomic mass is 10.2. The number of fused-ring (bicyclic) bond motifs is 1. The number of para-hydroxylation sites is 1. The Hall–Kier alpha value is -1.72. The molecule has 0 fully saturated rings. The van der Waals surface area contributed by atoms with Crippen LogP contribution in [0.2, 0.25) is 0 Å². The molecule has 1 N–H and O–H groups in total. The molecule has 2 aromatic heterocycles. The standard InChI is InChI=1S/C18H20N2OS2/c21-18(19-8-12-23-14-15-7-11-22-13-15)6-10-20-9-5-16-3-1-2-4-17(16)20/h1-5,7,9,11,13H,6,8,10,12,14H2,(H,19,21). The van der Waals surface area contributed by atoms with E-state index in [-0.39, 0.29) is 5.91 Å². The number of hydrogen-bond donors (Lipinski definition) is 1. The monoisotopic (exact) mass is 344 g/mol. The number of thioether (sulfide) groups is 1. The normalized spacial score (nSPS) is 11.0. The quantitative estimate of drug-likeness (QED) is 0.623. The molecule has 0 aliphatic heterocycles. The van der Waals surface area contributed by atoms with Crippen molar-refractivity contribution < 1.29 is 4.79 Å². The van der Waals surface area contributed by atoms with E-state index in [9.17, 15) is 4.79 Å². The average molecular weight is 345 g/mol. The van der Waals surface area contributed by atoms with Crippen molar-refractivity contribution in [3.63, 3.8) is 0 Å². The second-order valence-corrected chi connectivity index (χ2v) is 7.24. The third kappa shape index (κ3) is 4.62. The average Bonchev–Trinajstić information content (AvgIpc) is 3.22. The molecule has 2 heterocycles. The first kappa shape index (κ1) is 16.1. The summed E-state index contributed by atoms with van der Waals surface area (Å²) in [7, 11) is 0. The predicted octanol–water partition coefficient (Wildman–Crippen LogP) is 4.14. The van der Waals surface area contributed by atoms with Crippen LogP contribution in [0.25, 0.3) is 10.9 Å². The van der Waals surface area contributed by atoms with Gasteiger partial charge in [0.15, 0.2) is 0 Å². The van der Waals surface area contributed by atoms with Gasteiger partial charge in [0, 0.05) is 42.7 Å². The zero-order valence-corrected chi connectivity index (χ0v) is 14.5. The van der Waals surface area contributed by atoms with E-state index in [4.69, 9.17) is 0 Å². The van der Waals surface area contributed by atoms with Gasteiger partial charge >= 0.3 is 0 Å². The minimum Gasteiger partial charge on any atom is -0.355 e. The van der Waals surface area contributed by atoms with Gasteiger partial charge < -0.3 is 9.88 Å². The van der Waals surface area contributed by atoms with Crippen LogP contribution in [-0.4, -0.2) is 22.8 Å². The number of aryl methyl sites for hydroxylation is 1. The van der Waals surface area contributed by atoms with E-state index in [0.29, 0.717) is 6.42 Å². The van der Waals surface area contributed by atoms with Crippen molar-refractivity contribution in [1.82, 2.24) is 9.88 Å². The van der Waals surface area contributed by atoms with Crippen molar-refractivity contribution in [2.75, 3.05) is 12.3 Å². The van der Waals surface area contributed by atoms with Crippen LogP contribution in [0.1, 0.15) is 12.0 Å². The number of nitrogens with zero attached hydrogens (tertiary/aromatic N) is 1. The molecule has 5 heteroatoms. The Morgan fingerprint density at radius 1 is 1.22 bits per heavy atom. The largest absolute Gasteiger partial charge is 0.355 e. The number of carbonyl (C=O) groups is 1. The Morgan fingerprint density at radius 2 is 2.13 bits per heavy atom. The lowest BCUT2D eigenvalue weighted by molar-refractivity contribution is -0.121. The van der Waals surface area contributed by atoms with Gasteiger partial charge in [0.25, 0.3) is 0 Å². The molecule has 0 aliphatic rings. The summed E-state index contributed by atoms with van der Waals surface area (Å²) >= 11 is 3.59. The molecule has 0 saturated heterocycles. The number of amides is 1. The molecule has 0 radical (unpaired) electrons. The van der Waals surface area contributed by atoms with E-state index in [1.165, 1.54) is 16.5 Å². The van der Waals surface area contributed by atoms with Crippen molar-refractivity contribution in [1.29, 1.82) is 0 Å². The summed E-state index contributed by atoms with van der Waals surface area (Å²) in [6.07, 6.45) is 2.57. The molecule has 23 heavy (non-hydrogen) atoms. The van der Waals surface area contributed by atoms with Crippen LogP contribution in [0.3, 0.4) is 0 Å². The summed E-state index contributed by atoms with van der Waals surface area (Å²) in [5, 5.41) is 8.50. The topological polar surface area (TPSA) is 34.0 Å². The van der Waals surface area contributed by atoms with Gasteiger partial charge in [-0.2, -0.15) is 23.1 Å². The number of aromatic nitrogens is 1. The smallest absolute Gasteiger partial charge is 0.221 e. The Balaban J connectivity index is 1.35. The number of thiophene rings is 1. The maximum Gasteiger partial charge on any atom is 0.221 e.